The summed E-state index contributed by atoms with van der Waals surface area (Å²) in [6.07, 6.45) is 4.18. The van der Waals surface area contributed by atoms with Gasteiger partial charge in [-0.2, -0.15) is 0 Å². The highest BCUT2D eigenvalue weighted by Gasteiger charge is 2.17. The number of aromatic nitrogens is 2. The minimum absolute atomic E-state index is 0.0168. The molecule has 0 fully saturated rings. The number of imidazole rings is 1. The Morgan fingerprint density at radius 2 is 1.74 bits per heavy atom. The lowest BCUT2D eigenvalue weighted by Crippen LogP contribution is -2.11. The van der Waals surface area contributed by atoms with Crippen molar-refractivity contribution >= 4 is 23.4 Å². The third-order valence-corrected chi connectivity index (χ3v) is 4.47. The quantitative estimate of drug-likeness (QED) is 0.220. The Morgan fingerprint density at radius 3 is 2.35 bits per heavy atom. The monoisotopic (exact) mass is 422 g/mol. The maximum atomic E-state index is 12.3. The van der Waals surface area contributed by atoms with Gasteiger partial charge < -0.3 is 14.9 Å². The van der Waals surface area contributed by atoms with Gasteiger partial charge in [0.15, 0.2) is 11.6 Å². The SMILES string of the molecule is Cc1ncc([N+](=O)[O-])n1CCOc1ccc(C(=O)/C=C/c2ccc([N+](=O)[O-])cc2)cc1. The van der Waals surface area contributed by atoms with E-state index in [2.05, 4.69) is 4.98 Å². The summed E-state index contributed by atoms with van der Waals surface area (Å²) in [7, 11) is 0. The van der Waals surface area contributed by atoms with Crippen LogP contribution >= 0.6 is 0 Å². The van der Waals surface area contributed by atoms with Crippen LogP contribution in [0.3, 0.4) is 0 Å². The molecule has 1 heterocycles. The van der Waals surface area contributed by atoms with Gasteiger partial charge in [0, 0.05) is 24.6 Å². The lowest BCUT2D eigenvalue weighted by atomic mass is 10.1. The van der Waals surface area contributed by atoms with E-state index in [4.69, 9.17) is 4.74 Å². The van der Waals surface area contributed by atoms with E-state index in [1.165, 1.54) is 29.0 Å². The van der Waals surface area contributed by atoms with Crippen LogP contribution < -0.4 is 4.74 Å². The number of nitrogens with zero attached hydrogens (tertiary/aromatic N) is 4. The molecule has 0 spiro atoms. The fourth-order valence-corrected chi connectivity index (χ4v) is 2.82. The standard InChI is InChI=1S/C21H18N4O6/c1-15-22-14-21(25(29)30)23(15)12-13-31-19-9-5-17(6-10-19)20(26)11-4-16-2-7-18(8-3-16)24(27)28/h2-11,14H,12-13H2,1H3/b11-4+. The van der Waals surface area contributed by atoms with E-state index in [0.29, 0.717) is 22.7 Å². The van der Waals surface area contributed by atoms with Crippen molar-refractivity contribution in [3.8, 4) is 5.75 Å². The van der Waals surface area contributed by atoms with Crippen molar-refractivity contribution in [1.82, 2.24) is 9.55 Å². The van der Waals surface area contributed by atoms with Crippen LogP contribution in [-0.2, 0) is 6.54 Å². The third kappa shape index (κ3) is 5.38. The highest BCUT2D eigenvalue weighted by Crippen LogP contribution is 2.17. The number of aryl methyl sites for hydroxylation is 1. The second-order valence-electron chi connectivity index (χ2n) is 6.49. The first-order valence-corrected chi connectivity index (χ1v) is 9.21. The van der Waals surface area contributed by atoms with Crippen LogP contribution in [-0.4, -0.2) is 31.8 Å². The first kappa shape index (κ1) is 21.4. The van der Waals surface area contributed by atoms with Gasteiger partial charge >= 0.3 is 5.82 Å². The Morgan fingerprint density at radius 1 is 1.06 bits per heavy atom. The number of benzene rings is 2. The topological polar surface area (TPSA) is 130 Å². The predicted molar refractivity (Wildman–Crippen MR) is 112 cm³/mol. The smallest absolute Gasteiger partial charge is 0.342 e. The molecule has 0 N–H and O–H groups in total. The van der Waals surface area contributed by atoms with Crippen LogP contribution in [0.5, 0.6) is 5.75 Å². The molecule has 0 saturated heterocycles. The largest absolute Gasteiger partial charge is 0.489 e. The summed E-state index contributed by atoms with van der Waals surface area (Å²) in [6, 6.07) is 12.4. The maximum absolute atomic E-state index is 12.3. The summed E-state index contributed by atoms with van der Waals surface area (Å²) in [5, 5.41) is 21.7. The molecule has 0 atom stereocenters. The molecule has 31 heavy (non-hydrogen) atoms. The summed E-state index contributed by atoms with van der Waals surface area (Å²) in [5.74, 6) is 0.726. The van der Waals surface area contributed by atoms with Gasteiger partial charge in [-0.3, -0.25) is 14.9 Å². The summed E-state index contributed by atoms with van der Waals surface area (Å²) in [6.45, 7) is 2.14. The molecule has 3 rings (SSSR count). The number of ketones is 1. The molecule has 0 amide bonds. The molecule has 0 unspecified atom stereocenters. The maximum Gasteiger partial charge on any atom is 0.342 e. The van der Waals surface area contributed by atoms with Crippen LogP contribution in [0.1, 0.15) is 21.7 Å². The minimum Gasteiger partial charge on any atom is -0.489 e. The minimum atomic E-state index is -0.495. The molecular weight excluding hydrogens is 404 g/mol. The molecule has 1 aromatic heterocycles. The summed E-state index contributed by atoms with van der Waals surface area (Å²) >= 11 is 0. The molecule has 0 radical (unpaired) electrons. The number of rotatable bonds is 9. The average Bonchev–Trinajstić information content (AvgIpc) is 3.13. The Bertz CT molecular complexity index is 1130. The Balaban J connectivity index is 1.56. The molecule has 0 bridgehead atoms. The Kier molecular flexibility index (Phi) is 6.51. The average molecular weight is 422 g/mol. The first-order chi connectivity index (χ1) is 14.8. The van der Waals surface area contributed by atoms with Crippen molar-refractivity contribution in [1.29, 1.82) is 0 Å². The van der Waals surface area contributed by atoms with Crippen molar-refractivity contribution < 1.29 is 19.4 Å². The second kappa shape index (κ2) is 9.44. The molecular formula is C21H18N4O6. The lowest BCUT2D eigenvalue weighted by Gasteiger charge is -2.07. The molecule has 3 aromatic rings. The fourth-order valence-electron chi connectivity index (χ4n) is 2.82. The molecule has 0 saturated carbocycles. The van der Waals surface area contributed by atoms with Gasteiger partial charge in [-0.15, -0.1) is 0 Å². The zero-order chi connectivity index (χ0) is 22.4. The summed E-state index contributed by atoms with van der Waals surface area (Å²) in [4.78, 5) is 36.9. The van der Waals surface area contributed by atoms with Gasteiger partial charge in [0.05, 0.1) is 4.92 Å². The Hall–Kier alpha value is -4.34. The van der Waals surface area contributed by atoms with Crippen LogP contribution in [0.2, 0.25) is 0 Å². The van der Waals surface area contributed by atoms with E-state index >= 15 is 0 Å². The van der Waals surface area contributed by atoms with E-state index in [1.807, 2.05) is 0 Å². The van der Waals surface area contributed by atoms with Crippen molar-refractivity contribution in [2.75, 3.05) is 6.61 Å². The number of carbonyl (C=O) groups is 1. The summed E-state index contributed by atoms with van der Waals surface area (Å²) in [5.41, 5.74) is 1.10. The fraction of sp³-hybridized carbons (Fsp3) is 0.143. The van der Waals surface area contributed by atoms with Gasteiger partial charge in [-0.05, 0) is 53.0 Å². The van der Waals surface area contributed by atoms with E-state index in [0.717, 1.165) is 0 Å². The second-order valence-corrected chi connectivity index (χ2v) is 6.49. The number of nitro groups is 2. The Labute approximate surface area is 176 Å². The number of nitro benzene ring substituents is 1. The van der Waals surface area contributed by atoms with E-state index in [9.17, 15) is 25.0 Å². The molecule has 0 aliphatic rings. The lowest BCUT2D eigenvalue weighted by molar-refractivity contribution is -0.392. The van der Waals surface area contributed by atoms with E-state index in [-0.39, 0.29) is 30.4 Å². The van der Waals surface area contributed by atoms with Gasteiger partial charge in [0.25, 0.3) is 5.69 Å². The number of carbonyl (C=O) groups excluding carboxylic acids is 1. The number of allylic oxidation sites excluding steroid dienone is 1. The molecule has 10 heteroatoms. The zero-order valence-corrected chi connectivity index (χ0v) is 16.5. The van der Waals surface area contributed by atoms with E-state index in [1.54, 1.807) is 49.4 Å². The van der Waals surface area contributed by atoms with Gasteiger partial charge in [-0.1, -0.05) is 6.08 Å². The van der Waals surface area contributed by atoms with Crippen LogP contribution in [0.15, 0.2) is 60.8 Å². The predicted octanol–water partition coefficient (Wildman–Crippen LogP) is 3.98. The van der Waals surface area contributed by atoms with Gasteiger partial charge in [0.1, 0.15) is 25.1 Å². The number of hydrogen-bond donors (Lipinski definition) is 0. The van der Waals surface area contributed by atoms with Crippen molar-refractivity contribution in [2.45, 2.75) is 13.5 Å². The molecule has 2 aromatic carbocycles. The van der Waals surface area contributed by atoms with E-state index < -0.39 is 9.85 Å². The van der Waals surface area contributed by atoms with Gasteiger partial charge in [-0.25, -0.2) is 9.55 Å². The van der Waals surface area contributed by atoms with Crippen molar-refractivity contribution in [3.05, 3.63) is 98.0 Å². The first-order valence-electron chi connectivity index (χ1n) is 9.21. The molecule has 10 nitrogen and oxygen atoms in total. The molecule has 0 aliphatic carbocycles. The zero-order valence-electron chi connectivity index (χ0n) is 16.5. The number of non-ortho nitro benzene ring substituents is 1. The van der Waals surface area contributed by atoms with Crippen molar-refractivity contribution in [2.24, 2.45) is 0 Å². The highest BCUT2D eigenvalue weighted by molar-refractivity contribution is 6.06. The van der Waals surface area contributed by atoms with Crippen LogP contribution in [0, 0.1) is 27.2 Å². The molecule has 0 aliphatic heterocycles. The van der Waals surface area contributed by atoms with Crippen molar-refractivity contribution in [3.63, 3.8) is 0 Å². The molecule has 158 valence electrons. The van der Waals surface area contributed by atoms with Crippen LogP contribution in [0.25, 0.3) is 6.08 Å². The highest BCUT2D eigenvalue weighted by atomic mass is 16.6. The normalized spacial score (nSPS) is 10.9. The number of ether oxygens (including phenoxy) is 1. The van der Waals surface area contributed by atoms with Gasteiger partial charge in [0.2, 0.25) is 0 Å². The third-order valence-electron chi connectivity index (χ3n) is 4.47. The number of hydrogen-bond acceptors (Lipinski definition) is 7. The van der Waals surface area contributed by atoms with Crippen LogP contribution in [0.4, 0.5) is 11.5 Å². The summed E-state index contributed by atoms with van der Waals surface area (Å²) < 4.78 is 7.07.